The molecule has 0 aliphatic carbocycles. The van der Waals surface area contributed by atoms with Gasteiger partial charge in [0.15, 0.2) is 0 Å². The van der Waals surface area contributed by atoms with E-state index in [0.717, 1.165) is 17.3 Å². The minimum absolute atomic E-state index is 0.135. The van der Waals surface area contributed by atoms with Gasteiger partial charge in [-0.1, -0.05) is 6.08 Å². The molecule has 0 bridgehead atoms. The molecule has 2 rings (SSSR count). The van der Waals surface area contributed by atoms with Crippen molar-refractivity contribution in [2.75, 3.05) is 26.7 Å². The molecule has 1 aromatic heterocycles. The van der Waals surface area contributed by atoms with Crippen LogP contribution in [0.15, 0.2) is 6.08 Å². The first kappa shape index (κ1) is 11.6. The summed E-state index contributed by atoms with van der Waals surface area (Å²) in [4.78, 5) is 1.41. The fourth-order valence-corrected chi connectivity index (χ4v) is 2.49. The van der Waals surface area contributed by atoms with Gasteiger partial charge in [-0.3, -0.25) is 0 Å². The Morgan fingerprint density at radius 1 is 1.50 bits per heavy atom. The molecule has 0 saturated heterocycles. The van der Waals surface area contributed by atoms with E-state index in [1.807, 2.05) is 6.08 Å². The number of hydrogen-bond acceptors (Lipinski definition) is 5. The van der Waals surface area contributed by atoms with Gasteiger partial charge in [-0.2, -0.15) is 4.37 Å². The summed E-state index contributed by atoms with van der Waals surface area (Å²) in [6.07, 6.45) is 1.05. The van der Waals surface area contributed by atoms with Crippen LogP contribution in [0.3, 0.4) is 0 Å². The Hall–Kier alpha value is -1.08. The maximum Gasteiger partial charge on any atom is 0.253 e. The minimum atomic E-state index is -2.29. The molecule has 1 aliphatic rings. The summed E-state index contributed by atoms with van der Waals surface area (Å²) in [6.45, 7) is -1.11. The summed E-state index contributed by atoms with van der Waals surface area (Å²) in [7, 11) is 0. The van der Waals surface area contributed by atoms with Crippen molar-refractivity contribution in [3.05, 3.63) is 11.8 Å². The van der Waals surface area contributed by atoms with E-state index in [2.05, 4.69) is 8.75 Å². The summed E-state index contributed by atoms with van der Waals surface area (Å²) < 4.78 is 60.4. The van der Waals surface area contributed by atoms with Gasteiger partial charge < -0.3 is 9.64 Å². The molecule has 0 N–H and O–H groups in total. The molecule has 0 atom stereocenters. The Labute approximate surface area is 126 Å². The molecule has 1 aliphatic heterocycles. The molecule has 7 heteroatoms. The Morgan fingerprint density at radius 2 is 2.40 bits per heavy atom. The highest BCUT2D eigenvalue weighted by Gasteiger charge is 2.18. The van der Waals surface area contributed by atoms with E-state index in [-0.39, 0.29) is 13.0 Å². The molecule has 0 aromatic carbocycles. The van der Waals surface area contributed by atoms with Gasteiger partial charge in [0.1, 0.15) is 5.69 Å². The quantitative estimate of drug-likeness (QED) is 0.726. The van der Waals surface area contributed by atoms with Gasteiger partial charge in [0.25, 0.3) is 5.88 Å². The van der Waals surface area contributed by atoms with Crippen LogP contribution in [-0.4, -0.2) is 46.7 Å². The van der Waals surface area contributed by atoms with E-state index in [4.69, 9.17) is 8.85 Å². The van der Waals surface area contributed by atoms with E-state index in [0.29, 0.717) is 44.0 Å². The summed E-state index contributed by atoms with van der Waals surface area (Å²) in [5.41, 5.74) is 1.33. The Morgan fingerprint density at radius 3 is 3.20 bits per heavy atom. The maximum absolute atomic E-state index is 12.1. The van der Waals surface area contributed by atoms with Crippen LogP contribution in [0.25, 0.3) is 5.57 Å². The third-order valence-electron chi connectivity index (χ3n) is 2.97. The van der Waals surface area contributed by atoms with E-state index in [1.165, 1.54) is 4.90 Å². The topological polar surface area (TPSA) is 38.2 Å². The van der Waals surface area contributed by atoms with Crippen molar-refractivity contribution in [1.29, 1.82) is 0 Å². The first-order chi connectivity index (χ1) is 10.9. The number of rotatable bonds is 7. The largest absolute Gasteiger partial charge is 0.475 e. The summed E-state index contributed by atoms with van der Waals surface area (Å²) in [5, 5.41) is 0. The van der Waals surface area contributed by atoms with E-state index >= 15 is 0 Å². The zero-order chi connectivity index (χ0) is 16.9. The maximum atomic E-state index is 12.1. The number of hydrogen-bond donors (Lipinski definition) is 0. The lowest BCUT2D eigenvalue weighted by Gasteiger charge is -2.22. The van der Waals surface area contributed by atoms with Gasteiger partial charge in [-0.05, 0) is 31.8 Å². The molecule has 2 heterocycles. The van der Waals surface area contributed by atoms with Crippen LogP contribution >= 0.6 is 11.7 Å². The van der Waals surface area contributed by atoms with Crippen molar-refractivity contribution >= 4 is 17.3 Å². The summed E-state index contributed by atoms with van der Waals surface area (Å²) >= 11 is 0.992. The van der Waals surface area contributed by atoms with Gasteiger partial charge in [0.2, 0.25) is 6.43 Å². The van der Waals surface area contributed by atoms with Gasteiger partial charge in [0, 0.05) is 23.6 Å². The normalized spacial score (nSPS) is 19.4. The third kappa shape index (κ3) is 4.49. The third-order valence-corrected chi connectivity index (χ3v) is 3.48. The minimum Gasteiger partial charge on any atom is -0.475 e. The Kier molecular flexibility index (Phi) is 4.42. The average molecular weight is 306 g/mol. The lowest BCUT2D eigenvalue weighted by Crippen LogP contribution is -2.25. The number of ether oxygens (including phenoxy) is 1. The number of aromatic nitrogens is 2. The molecule has 0 amide bonds. The van der Waals surface area contributed by atoms with Crippen molar-refractivity contribution in [2.45, 2.75) is 32.1 Å². The lowest BCUT2D eigenvalue weighted by molar-refractivity contribution is 0.131. The van der Waals surface area contributed by atoms with Crippen molar-refractivity contribution in [3.63, 3.8) is 0 Å². The van der Waals surface area contributed by atoms with E-state index in [9.17, 15) is 8.78 Å². The second kappa shape index (κ2) is 7.64. The fourth-order valence-electron chi connectivity index (χ4n) is 1.96. The molecule has 0 radical (unpaired) electrons. The van der Waals surface area contributed by atoms with Crippen LogP contribution in [0.5, 0.6) is 5.88 Å². The molecule has 1 aromatic rings. The number of alkyl halides is 2. The van der Waals surface area contributed by atoms with E-state index in [1.54, 1.807) is 0 Å². The highest BCUT2D eigenvalue weighted by atomic mass is 32.1. The van der Waals surface area contributed by atoms with Crippen LogP contribution in [0.2, 0.25) is 0 Å². The predicted molar refractivity (Wildman–Crippen MR) is 75.4 cm³/mol. The SMILES string of the molecule is [2H]C([2H])([2H])N1CCC=C(c2nsnc2OCCCCC(F)F)C1. The molecular formula is C13H19F2N3OS. The van der Waals surface area contributed by atoms with Crippen LogP contribution in [-0.2, 0) is 0 Å². The molecule has 0 saturated carbocycles. The van der Waals surface area contributed by atoms with E-state index < -0.39 is 13.4 Å². The van der Waals surface area contributed by atoms with Crippen LogP contribution in [0.1, 0.15) is 35.5 Å². The van der Waals surface area contributed by atoms with Gasteiger partial charge in [-0.15, -0.1) is 4.37 Å². The number of unbranched alkanes of at least 4 members (excludes halogenated alkanes) is 1. The highest BCUT2D eigenvalue weighted by Crippen LogP contribution is 2.27. The summed E-state index contributed by atoms with van der Waals surface area (Å²) in [6, 6.07) is 0. The first-order valence-electron chi connectivity index (χ1n) is 8.06. The zero-order valence-corrected chi connectivity index (χ0v) is 11.8. The van der Waals surface area contributed by atoms with Crippen molar-refractivity contribution in [1.82, 2.24) is 13.6 Å². The standard InChI is InChI=1S/C13H19F2N3OS/c1-18-7-4-5-10(9-18)12-13(17-20-16-12)19-8-3-2-6-11(14)15/h5,11H,2-4,6-9H2,1H3/i1D3. The highest BCUT2D eigenvalue weighted by molar-refractivity contribution is 6.99. The number of likely N-dealkylation sites (N-methyl/N-ethyl adjacent to an activating group) is 1. The molecule has 0 fully saturated rings. The molecule has 4 nitrogen and oxygen atoms in total. The average Bonchev–Trinajstić information content (AvgIpc) is 2.94. The molecule has 0 unspecified atom stereocenters. The van der Waals surface area contributed by atoms with Crippen LogP contribution in [0.4, 0.5) is 8.78 Å². The Balaban J connectivity index is 1.91. The molecule has 20 heavy (non-hydrogen) atoms. The van der Waals surface area contributed by atoms with Gasteiger partial charge in [0.05, 0.1) is 18.3 Å². The second-order valence-corrected chi connectivity index (χ2v) is 5.12. The fraction of sp³-hybridized carbons (Fsp3) is 0.692. The molecule has 112 valence electrons. The lowest BCUT2D eigenvalue weighted by atomic mass is 10.1. The summed E-state index contributed by atoms with van der Waals surface area (Å²) in [5.74, 6) is 0.352. The van der Waals surface area contributed by atoms with Crippen molar-refractivity contribution in [3.8, 4) is 5.88 Å². The number of nitrogens with zero attached hydrogens (tertiary/aromatic N) is 3. The Bertz CT molecular complexity index is 537. The first-order valence-corrected chi connectivity index (χ1v) is 7.29. The number of halogens is 2. The second-order valence-electron chi connectivity index (χ2n) is 4.59. The molecular weight excluding hydrogens is 284 g/mol. The predicted octanol–water partition coefficient (Wildman–Crippen LogP) is 3.07. The molecule has 0 spiro atoms. The zero-order valence-electron chi connectivity index (χ0n) is 14.0. The van der Waals surface area contributed by atoms with Gasteiger partial charge >= 0.3 is 0 Å². The van der Waals surface area contributed by atoms with Crippen molar-refractivity contribution in [2.24, 2.45) is 0 Å². The smallest absolute Gasteiger partial charge is 0.253 e. The van der Waals surface area contributed by atoms with Crippen LogP contribution in [0, 0.1) is 0 Å². The van der Waals surface area contributed by atoms with Crippen molar-refractivity contribution < 1.29 is 17.6 Å². The monoisotopic (exact) mass is 306 g/mol. The van der Waals surface area contributed by atoms with Crippen LogP contribution < -0.4 is 4.74 Å². The van der Waals surface area contributed by atoms with Gasteiger partial charge in [-0.25, -0.2) is 8.78 Å².